The smallest absolute Gasteiger partial charge is 0.136 e. The van der Waals surface area contributed by atoms with Gasteiger partial charge >= 0.3 is 0 Å². The van der Waals surface area contributed by atoms with E-state index in [1.165, 1.54) is 16.7 Å². The van der Waals surface area contributed by atoms with Crippen molar-refractivity contribution in [2.75, 3.05) is 13.2 Å². The van der Waals surface area contributed by atoms with Crippen LogP contribution in [-0.4, -0.2) is 30.4 Å². The number of nitrogens with zero attached hydrogens (tertiary/aromatic N) is 1. The van der Waals surface area contributed by atoms with Gasteiger partial charge in [-0.05, 0) is 68.0 Å². The zero-order valence-electron chi connectivity index (χ0n) is 25.3. The van der Waals surface area contributed by atoms with E-state index in [4.69, 9.17) is 19.9 Å². The fourth-order valence-electron chi connectivity index (χ4n) is 5.47. The van der Waals surface area contributed by atoms with E-state index < -0.39 is 6.04 Å². The monoisotopic (exact) mass is 578 g/mol. The van der Waals surface area contributed by atoms with Crippen LogP contribution in [-0.2, 0) is 37.5 Å². The zero-order chi connectivity index (χ0) is 30.0. The van der Waals surface area contributed by atoms with Gasteiger partial charge in [0, 0.05) is 30.8 Å². The molecular formula is C37H42N2O4. The lowest BCUT2D eigenvalue weighted by molar-refractivity contribution is -0.109. The topological polar surface area (TPSA) is 74.0 Å². The number of aryl methyl sites for hydroxylation is 3. The Kier molecular flexibility index (Phi) is 10.5. The Morgan fingerprint density at radius 2 is 1.51 bits per heavy atom. The number of aldehydes is 1. The van der Waals surface area contributed by atoms with Gasteiger partial charge in [-0.3, -0.25) is 4.90 Å². The Morgan fingerprint density at radius 3 is 2.21 bits per heavy atom. The largest absolute Gasteiger partial charge is 0.493 e. The molecule has 0 amide bonds. The van der Waals surface area contributed by atoms with Crippen molar-refractivity contribution in [3.8, 4) is 17.2 Å². The summed E-state index contributed by atoms with van der Waals surface area (Å²) in [6, 6.07) is 28.7. The number of ether oxygens (including phenoxy) is 3. The van der Waals surface area contributed by atoms with Gasteiger partial charge in [-0.2, -0.15) is 0 Å². The fourth-order valence-corrected chi connectivity index (χ4v) is 5.47. The van der Waals surface area contributed by atoms with Crippen LogP contribution in [0.3, 0.4) is 0 Å². The first kappa shape index (κ1) is 30.3. The molecule has 6 heteroatoms. The highest BCUT2D eigenvalue weighted by molar-refractivity contribution is 5.56. The summed E-state index contributed by atoms with van der Waals surface area (Å²) >= 11 is 0. The molecular weight excluding hydrogens is 536 g/mol. The van der Waals surface area contributed by atoms with Crippen LogP contribution in [0.4, 0.5) is 0 Å². The Bertz CT molecular complexity index is 1520. The number of carbonyl (C=O) groups is 1. The van der Waals surface area contributed by atoms with Crippen LogP contribution in [0.1, 0.15) is 51.8 Å². The van der Waals surface area contributed by atoms with E-state index in [1.807, 2.05) is 18.2 Å². The van der Waals surface area contributed by atoms with Gasteiger partial charge in [-0.15, -0.1) is 0 Å². The molecule has 0 aromatic heterocycles. The van der Waals surface area contributed by atoms with E-state index >= 15 is 0 Å². The minimum atomic E-state index is -0.515. The third-order valence-electron chi connectivity index (χ3n) is 7.76. The SMILES string of the molecule is Cc1cccc(COc2ccccc2CN(CCC(N)C=O)Cc2cc3c(cc2OCc2cccc(C)c2)CCCO3)c1. The molecule has 0 spiro atoms. The van der Waals surface area contributed by atoms with Crippen molar-refractivity contribution < 1.29 is 19.0 Å². The van der Waals surface area contributed by atoms with Gasteiger partial charge in [0.1, 0.15) is 36.7 Å². The summed E-state index contributed by atoms with van der Waals surface area (Å²) in [5.74, 6) is 2.63. The van der Waals surface area contributed by atoms with Crippen LogP contribution in [0.2, 0.25) is 0 Å². The molecule has 4 aromatic rings. The highest BCUT2D eigenvalue weighted by atomic mass is 16.5. The third-order valence-corrected chi connectivity index (χ3v) is 7.76. The summed E-state index contributed by atoms with van der Waals surface area (Å²) in [5.41, 5.74) is 14.0. The molecule has 6 nitrogen and oxygen atoms in total. The number of rotatable bonds is 14. The second-order valence-corrected chi connectivity index (χ2v) is 11.5. The zero-order valence-corrected chi connectivity index (χ0v) is 25.3. The number of fused-ring (bicyclic) bond motifs is 1. The molecule has 1 aliphatic heterocycles. The Balaban J connectivity index is 1.39. The van der Waals surface area contributed by atoms with Gasteiger partial charge in [0.05, 0.1) is 12.6 Å². The first-order valence-corrected chi connectivity index (χ1v) is 15.1. The summed E-state index contributed by atoms with van der Waals surface area (Å²) in [7, 11) is 0. The molecule has 224 valence electrons. The molecule has 1 aliphatic rings. The Morgan fingerprint density at radius 1 is 0.837 bits per heavy atom. The van der Waals surface area contributed by atoms with E-state index in [9.17, 15) is 4.79 Å². The summed E-state index contributed by atoms with van der Waals surface area (Å²) in [4.78, 5) is 13.7. The molecule has 0 bridgehead atoms. The Hall–Kier alpha value is -4.13. The number of hydrogen-bond donors (Lipinski definition) is 1. The maximum absolute atomic E-state index is 11.4. The van der Waals surface area contributed by atoms with Gasteiger partial charge < -0.3 is 24.7 Å². The quantitative estimate of drug-likeness (QED) is 0.168. The first-order chi connectivity index (χ1) is 21.0. The van der Waals surface area contributed by atoms with Crippen LogP contribution in [0, 0.1) is 13.8 Å². The molecule has 0 saturated heterocycles. The lowest BCUT2D eigenvalue weighted by Gasteiger charge is -2.27. The van der Waals surface area contributed by atoms with E-state index in [-0.39, 0.29) is 0 Å². The van der Waals surface area contributed by atoms with Gasteiger partial charge in [0.15, 0.2) is 0 Å². The van der Waals surface area contributed by atoms with Gasteiger partial charge in [-0.1, -0.05) is 77.9 Å². The van der Waals surface area contributed by atoms with E-state index in [0.717, 1.165) is 65.2 Å². The average Bonchev–Trinajstić information content (AvgIpc) is 3.02. The molecule has 1 unspecified atom stereocenters. The third kappa shape index (κ3) is 8.69. The molecule has 0 radical (unpaired) electrons. The van der Waals surface area contributed by atoms with Crippen molar-refractivity contribution in [3.05, 3.63) is 124 Å². The van der Waals surface area contributed by atoms with Gasteiger partial charge in [-0.25, -0.2) is 0 Å². The van der Waals surface area contributed by atoms with Crippen LogP contribution in [0.25, 0.3) is 0 Å². The van der Waals surface area contributed by atoms with Crippen molar-refractivity contribution in [1.29, 1.82) is 0 Å². The van der Waals surface area contributed by atoms with Crippen molar-refractivity contribution in [3.63, 3.8) is 0 Å². The summed E-state index contributed by atoms with van der Waals surface area (Å²) < 4.78 is 18.8. The predicted molar refractivity (Wildman–Crippen MR) is 170 cm³/mol. The second kappa shape index (κ2) is 14.9. The van der Waals surface area contributed by atoms with E-state index in [1.54, 1.807) is 0 Å². The molecule has 0 saturated carbocycles. The van der Waals surface area contributed by atoms with Crippen LogP contribution >= 0.6 is 0 Å². The standard InChI is InChI=1S/C37H42N2O4/c1-27-8-5-10-29(18-27)25-42-35-14-4-3-12-32(35)22-39(16-15-34(38)24-40)23-33-21-36-31(13-7-17-41-36)20-37(33)43-26-30-11-6-9-28(2)19-30/h3-6,8-12,14,18-21,24,34H,7,13,15-17,22-23,25-26,38H2,1-2H3. The van der Waals surface area contributed by atoms with Crippen molar-refractivity contribution in [1.82, 2.24) is 4.90 Å². The molecule has 2 N–H and O–H groups in total. The minimum Gasteiger partial charge on any atom is -0.493 e. The first-order valence-electron chi connectivity index (χ1n) is 15.1. The highest BCUT2D eigenvalue weighted by Crippen LogP contribution is 2.34. The van der Waals surface area contributed by atoms with Crippen molar-refractivity contribution >= 4 is 6.29 Å². The summed E-state index contributed by atoms with van der Waals surface area (Å²) in [5, 5.41) is 0. The second-order valence-electron chi connectivity index (χ2n) is 11.5. The lowest BCUT2D eigenvalue weighted by Crippen LogP contribution is -2.31. The number of hydrogen-bond acceptors (Lipinski definition) is 6. The molecule has 1 heterocycles. The average molecular weight is 579 g/mol. The van der Waals surface area contributed by atoms with Gasteiger partial charge in [0.25, 0.3) is 0 Å². The normalized spacial score (nSPS) is 13.2. The number of carbonyl (C=O) groups excluding carboxylic acids is 1. The van der Waals surface area contributed by atoms with E-state index in [2.05, 4.69) is 85.5 Å². The molecule has 0 fully saturated rings. The minimum absolute atomic E-state index is 0.486. The summed E-state index contributed by atoms with van der Waals surface area (Å²) in [6.45, 7) is 7.76. The molecule has 4 aromatic carbocycles. The van der Waals surface area contributed by atoms with Crippen LogP contribution in [0.5, 0.6) is 17.2 Å². The van der Waals surface area contributed by atoms with Gasteiger partial charge in [0.2, 0.25) is 0 Å². The maximum Gasteiger partial charge on any atom is 0.136 e. The fraction of sp³-hybridized carbons (Fsp3) is 0.324. The maximum atomic E-state index is 11.4. The molecule has 1 atom stereocenters. The molecule has 5 rings (SSSR count). The molecule has 43 heavy (non-hydrogen) atoms. The van der Waals surface area contributed by atoms with Crippen LogP contribution in [0.15, 0.2) is 84.9 Å². The number of para-hydroxylation sites is 1. The van der Waals surface area contributed by atoms with E-state index in [0.29, 0.717) is 39.3 Å². The number of nitrogens with two attached hydrogens (primary N) is 1. The Labute approximate surface area is 255 Å². The summed E-state index contributed by atoms with van der Waals surface area (Å²) in [6.07, 6.45) is 3.34. The van der Waals surface area contributed by atoms with Crippen LogP contribution < -0.4 is 19.9 Å². The van der Waals surface area contributed by atoms with Crippen molar-refractivity contribution in [2.45, 2.75) is 65.5 Å². The van der Waals surface area contributed by atoms with Crippen molar-refractivity contribution in [2.24, 2.45) is 5.73 Å². The predicted octanol–water partition coefficient (Wildman–Crippen LogP) is 6.70. The number of benzene rings is 4. The molecule has 0 aliphatic carbocycles. The lowest BCUT2D eigenvalue weighted by atomic mass is 10.0. The highest BCUT2D eigenvalue weighted by Gasteiger charge is 2.20.